The number of fused-ring (bicyclic) bond motifs is 2. The first-order chi connectivity index (χ1) is 15.6. The first-order valence-corrected chi connectivity index (χ1v) is 11.9. The highest BCUT2D eigenvalue weighted by molar-refractivity contribution is 5.83. The third-order valence-electron chi connectivity index (χ3n) is 8.04. The number of H-pyrrole nitrogens is 1. The van der Waals surface area contributed by atoms with Gasteiger partial charge in [0.15, 0.2) is 0 Å². The Kier molecular flexibility index (Phi) is 4.82. The summed E-state index contributed by atoms with van der Waals surface area (Å²) < 4.78 is 5.45. The van der Waals surface area contributed by atoms with Crippen LogP contribution in [0, 0.1) is 5.92 Å². The molecule has 32 heavy (non-hydrogen) atoms. The van der Waals surface area contributed by atoms with Crippen LogP contribution in [0.3, 0.4) is 0 Å². The van der Waals surface area contributed by atoms with Gasteiger partial charge in [0, 0.05) is 43.1 Å². The lowest BCUT2D eigenvalue weighted by molar-refractivity contribution is -0.134. The topological polar surface area (TPSA) is 78.5 Å². The fourth-order valence-electron chi connectivity index (χ4n) is 5.98. The number of morpholine rings is 1. The summed E-state index contributed by atoms with van der Waals surface area (Å²) in [4.78, 5) is 38.2. The summed E-state index contributed by atoms with van der Waals surface area (Å²) in [6.45, 7) is 4.35. The van der Waals surface area contributed by atoms with E-state index in [0.29, 0.717) is 31.0 Å². The molecule has 2 aromatic rings. The van der Waals surface area contributed by atoms with E-state index >= 15 is 0 Å². The van der Waals surface area contributed by atoms with E-state index in [1.54, 1.807) is 0 Å². The van der Waals surface area contributed by atoms with Crippen molar-refractivity contribution >= 4 is 11.9 Å². The van der Waals surface area contributed by atoms with E-state index in [9.17, 15) is 9.59 Å². The van der Waals surface area contributed by atoms with Crippen LogP contribution >= 0.6 is 0 Å². The van der Waals surface area contributed by atoms with Crippen molar-refractivity contribution in [2.45, 2.75) is 43.4 Å². The van der Waals surface area contributed by atoms with Gasteiger partial charge in [-0.25, -0.2) is 4.98 Å². The van der Waals surface area contributed by atoms with Crippen LogP contribution in [0.15, 0.2) is 35.1 Å². The van der Waals surface area contributed by atoms with Gasteiger partial charge in [-0.1, -0.05) is 30.3 Å². The van der Waals surface area contributed by atoms with Crippen LogP contribution < -0.4 is 10.5 Å². The van der Waals surface area contributed by atoms with Crippen LogP contribution in [-0.2, 0) is 21.4 Å². The molecule has 3 heterocycles. The van der Waals surface area contributed by atoms with Crippen LogP contribution in [0.4, 0.5) is 5.95 Å². The van der Waals surface area contributed by atoms with E-state index in [1.807, 2.05) is 6.07 Å². The van der Waals surface area contributed by atoms with Crippen LogP contribution in [0.5, 0.6) is 0 Å². The van der Waals surface area contributed by atoms with Crippen LogP contribution in [0.2, 0.25) is 0 Å². The number of likely N-dealkylation sites (tertiary alicyclic amines) is 1. The number of amides is 1. The highest BCUT2D eigenvalue weighted by Crippen LogP contribution is 2.50. The van der Waals surface area contributed by atoms with Crippen molar-refractivity contribution in [3.63, 3.8) is 0 Å². The third-order valence-corrected chi connectivity index (χ3v) is 8.04. The number of aromatic nitrogens is 2. The fourth-order valence-corrected chi connectivity index (χ4v) is 5.98. The highest BCUT2D eigenvalue weighted by Gasteiger charge is 2.49. The zero-order valence-electron chi connectivity index (χ0n) is 18.4. The van der Waals surface area contributed by atoms with Gasteiger partial charge in [0.25, 0.3) is 5.56 Å². The highest BCUT2D eigenvalue weighted by atomic mass is 16.5. The van der Waals surface area contributed by atoms with Gasteiger partial charge >= 0.3 is 0 Å². The smallest absolute Gasteiger partial charge is 0.255 e. The summed E-state index contributed by atoms with van der Waals surface area (Å²) >= 11 is 0. The maximum Gasteiger partial charge on any atom is 0.255 e. The summed E-state index contributed by atoms with van der Waals surface area (Å²) in [7, 11) is 0. The zero-order chi connectivity index (χ0) is 21.7. The molecule has 4 aliphatic rings. The Morgan fingerprint density at radius 2 is 1.81 bits per heavy atom. The van der Waals surface area contributed by atoms with Gasteiger partial charge in [0.05, 0.1) is 18.9 Å². The first-order valence-electron chi connectivity index (χ1n) is 11.9. The molecular weight excluding hydrogens is 404 g/mol. The molecule has 0 radical (unpaired) electrons. The Hall–Kier alpha value is -2.67. The van der Waals surface area contributed by atoms with Crippen molar-refractivity contribution in [2.24, 2.45) is 5.92 Å². The Balaban J connectivity index is 1.17. The molecular formula is C25H30N4O3. The molecule has 1 amide bonds. The summed E-state index contributed by atoms with van der Waals surface area (Å²) in [6.07, 6.45) is 4.50. The van der Waals surface area contributed by atoms with Gasteiger partial charge in [0.2, 0.25) is 11.9 Å². The average molecular weight is 435 g/mol. The minimum Gasteiger partial charge on any atom is -0.378 e. The molecule has 168 valence electrons. The Labute approximate surface area is 187 Å². The molecule has 2 atom stereocenters. The second-order valence-electron chi connectivity index (χ2n) is 9.78. The number of hydrogen-bond acceptors (Lipinski definition) is 5. The second kappa shape index (κ2) is 7.73. The van der Waals surface area contributed by atoms with Gasteiger partial charge < -0.3 is 14.5 Å². The number of hydrogen-bond donors (Lipinski definition) is 1. The van der Waals surface area contributed by atoms with E-state index in [-0.39, 0.29) is 16.9 Å². The second-order valence-corrected chi connectivity index (χ2v) is 9.78. The standard InChI is InChI=1S/C25H30N4O3/c30-22-18-6-7-25(21(18)26-24(27-22)29-12-14-32-15-13-29)8-10-28(11-9-25)23(31)20-16-19(20)17-4-2-1-3-5-17/h1-5,19-20H,6-16H2,(H,26,27,30)/t19-,20+/m0/s1. The number of rotatable bonds is 3. The van der Waals surface area contributed by atoms with Crippen molar-refractivity contribution in [2.75, 3.05) is 44.3 Å². The molecule has 3 fully saturated rings. The lowest BCUT2D eigenvalue weighted by Gasteiger charge is -2.40. The lowest BCUT2D eigenvalue weighted by Crippen LogP contribution is -2.46. The van der Waals surface area contributed by atoms with Gasteiger partial charge in [-0.3, -0.25) is 14.6 Å². The number of aromatic amines is 1. The molecule has 1 N–H and O–H groups in total. The molecule has 1 spiro atoms. The number of nitrogens with zero attached hydrogens (tertiary/aromatic N) is 3. The summed E-state index contributed by atoms with van der Waals surface area (Å²) in [5.41, 5.74) is 3.07. The summed E-state index contributed by atoms with van der Waals surface area (Å²) in [5.74, 6) is 1.50. The Morgan fingerprint density at radius 1 is 1.06 bits per heavy atom. The molecule has 0 unspecified atom stereocenters. The van der Waals surface area contributed by atoms with Crippen LogP contribution in [0.25, 0.3) is 0 Å². The van der Waals surface area contributed by atoms with Crippen molar-refractivity contribution in [3.8, 4) is 0 Å². The zero-order valence-corrected chi connectivity index (χ0v) is 18.4. The number of benzene rings is 1. The number of carbonyl (C=O) groups is 1. The maximum absolute atomic E-state index is 13.1. The number of nitrogens with one attached hydrogen (secondary N) is 1. The molecule has 1 aromatic heterocycles. The van der Waals surface area contributed by atoms with Crippen molar-refractivity contribution < 1.29 is 9.53 Å². The van der Waals surface area contributed by atoms with Crippen molar-refractivity contribution in [1.82, 2.24) is 14.9 Å². The normalized spacial score (nSPS) is 26.2. The minimum atomic E-state index is -0.0657. The van der Waals surface area contributed by atoms with E-state index < -0.39 is 0 Å². The summed E-state index contributed by atoms with van der Waals surface area (Å²) in [6, 6.07) is 10.4. The molecule has 1 aromatic carbocycles. The summed E-state index contributed by atoms with van der Waals surface area (Å²) in [5, 5.41) is 0. The first kappa shape index (κ1) is 20.0. The molecule has 6 rings (SSSR count). The largest absolute Gasteiger partial charge is 0.378 e. The van der Waals surface area contributed by atoms with Crippen LogP contribution in [-0.4, -0.2) is 60.2 Å². The third kappa shape index (κ3) is 3.34. The van der Waals surface area contributed by atoms with Crippen molar-refractivity contribution in [1.29, 1.82) is 0 Å². The predicted octanol–water partition coefficient (Wildman–Crippen LogP) is 2.22. The molecule has 2 aliphatic heterocycles. The van der Waals surface area contributed by atoms with E-state index in [1.165, 1.54) is 5.56 Å². The maximum atomic E-state index is 13.1. The lowest BCUT2D eigenvalue weighted by atomic mass is 9.76. The molecule has 7 heteroatoms. The predicted molar refractivity (Wildman–Crippen MR) is 121 cm³/mol. The van der Waals surface area contributed by atoms with Gasteiger partial charge in [-0.15, -0.1) is 0 Å². The SMILES string of the molecule is O=C([C@@H]1C[C@H]1c1ccccc1)N1CCC2(CCc3c2nc(N2CCOCC2)[nH]c3=O)CC1. The number of carbonyl (C=O) groups excluding carboxylic acids is 1. The molecule has 7 nitrogen and oxygen atoms in total. The van der Waals surface area contributed by atoms with E-state index in [4.69, 9.17) is 9.72 Å². The van der Waals surface area contributed by atoms with Crippen LogP contribution in [0.1, 0.15) is 48.4 Å². The monoisotopic (exact) mass is 434 g/mol. The molecule has 1 saturated carbocycles. The average Bonchev–Trinajstić information content (AvgIpc) is 3.58. The molecule has 0 bridgehead atoms. The Morgan fingerprint density at radius 3 is 2.56 bits per heavy atom. The number of ether oxygens (including phenoxy) is 1. The minimum absolute atomic E-state index is 0.00977. The number of piperidine rings is 1. The van der Waals surface area contributed by atoms with Gasteiger partial charge in [0.1, 0.15) is 0 Å². The van der Waals surface area contributed by atoms with Gasteiger partial charge in [-0.2, -0.15) is 0 Å². The molecule has 2 saturated heterocycles. The molecule has 2 aliphatic carbocycles. The Bertz CT molecular complexity index is 1070. The van der Waals surface area contributed by atoms with E-state index in [2.05, 4.69) is 39.0 Å². The van der Waals surface area contributed by atoms with Gasteiger partial charge in [-0.05, 0) is 43.6 Å². The number of anilines is 1. The quantitative estimate of drug-likeness (QED) is 0.802. The fraction of sp³-hybridized carbons (Fsp3) is 0.560. The van der Waals surface area contributed by atoms with E-state index in [0.717, 1.165) is 69.5 Å². The van der Waals surface area contributed by atoms with Crippen molar-refractivity contribution in [3.05, 3.63) is 57.5 Å².